The van der Waals surface area contributed by atoms with Crippen molar-refractivity contribution in [2.24, 2.45) is 5.92 Å². The fourth-order valence-electron chi connectivity index (χ4n) is 4.86. The average molecular weight is 470 g/mol. The van der Waals surface area contributed by atoms with E-state index in [1.165, 1.54) is 0 Å². The van der Waals surface area contributed by atoms with Crippen molar-refractivity contribution in [3.8, 4) is 0 Å². The molecule has 33 heavy (non-hydrogen) atoms. The van der Waals surface area contributed by atoms with Gasteiger partial charge in [-0.05, 0) is 55.5 Å². The fourth-order valence-corrected chi connectivity index (χ4v) is 6.41. The Morgan fingerprint density at radius 3 is 2.52 bits per heavy atom. The topological polar surface area (TPSA) is 90.9 Å². The standard InChI is InChI=1S/C25H27NO6S/c1-2-30-24(27)19(15-17-9-11-25(12-10-17)31-13-14-32-25)18-7-8-23-21(16-18)26-20-5-3-4-6-22(20)33(23,28)29/h3-8,15-17,26H,2,9-14H2,1H3/b19-15+. The lowest BCUT2D eigenvalue weighted by molar-refractivity contribution is -0.180. The Morgan fingerprint density at radius 1 is 1.09 bits per heavy atom. The molecule has 2 aromatic rings. The first-order valence-electron chi connectivity index (χ1n) is 11.3. The largest absolute Gasteiger partial charge is 0.462 e. The summed E-state index contributed by atoms with van der Waals surface area (Å²) in [5.74, 6) is -0.701. The Bertz CT molecular complexity index is 1200. The Balaban J connectivity index is 1.47. The fraction of sp³-hybridized carbons (Fsp3) is 0.400. The van der Waals surface area contributed by atoms with Crippen LogP contribution in [-0.4, -0.2) is 40.0 Å². The van der Waals surface area contributed by atoms with Crippen LogP contribution in [0, 0.1) is 5.92 Å². The molecule has 0 bridgehead atoms. The van der Waals surface area contributed by atoms with Crippen molar-refractivity contribution in [3.05, 3.63) is 54.1 Å². The highest BCUT2D eigenvalue weighted by atomic mass is 32.2. The van der Waals surface area contributed by atoms with Crippen LogP contribution in [0.3, 0.4) is 0 Å². The maximum atomic E-state index is 13.1. The maximum absolute atomic E-state index is 13.1. The van der Waals surface area contributed by atoms with Crippen LogP contribution in [0.5, 0.6) is 0 Å². The number of esters is 1. The predicted molar refractivity (Wildman–Crippen MR) is 123 cm³/mol. The molecule has 0 radical (unpaired) electrons. The molecule has 1 saturated heterocycles. The first kappa shape index (κ1) is 22.1. The highest BCUT2D eigenvalue weighted by molar-refractivity contribution is 7.92. The van der Waals surface area contributed by atoms with Crippen LogP contribution in [0.1, 0.15) is 38.2 Å². The van der Waals surface area contributed by atoms with Crippen LogP contribution in [-0.2, 0) is 28.8 Å². The number of rotatable bonds is 4. The van der Waals surface area contributed by atoms with Crippen molar-refractivity contribution >= 4 is 32.8 Å². The monoisotopic (exact) mass is 469 g/mol. The number of carbonyl (C=O) groups excluding carboxylic acids is 1. The zero-order valence-electron chi connectivity index (χ0n) is 18.5. The van der Waals surface area contributed by atoms with Crippen LogP contribution < -0.4 is 5.32 Å². The van der Waals surface area contributed by atoms with Crippen molar-refractivity contribution in [1.82, 2.24) is 0 Å². The molecule has 0 atom stereocenters. The van der Waals surface area contributed by atoms with Crippen molar-refractivity contribution in [1.29, 1.82) is 0 Å². The van der Waals surface area contributed by atoms with E-state index in [2.05, 4.69) is 5.32 Å². The van der Waals surface area contributed by atoms with Gasteiger partial charge in [0.05, 0.1) is 46.6 Å². The molecule has 0 amide bonds. The lowest BCUT2D eigenvalue weighted by atomic mass is 9.83. The number of fused-ring (bicyclic) bond motifs is 2. The molecule has 5 rings (SSSR count). The van der Waals surface area contributed by atoms with Gasteiger partial charge in [0.2, 0.25) is 9.84 Å². The van der Waals surface area contributed by atoms with Crippen molar-refractivity contribution in [3.63, 3.8) is 0 Å². The number of para-hydroxylation sites is 1. The molecule has 2 heterocycles. The molecule has 3 aliphatic rings. The SMILES string of the molecule is CCOC(=O)/C(=C/C1CCC2(CC1)OCCO2)c1ccc2c(c1)Nc1ccccc1S2(=O)=O. The molecule has 1 saturated carbocycles. The Kier molecular flexibility index (Phi) is 5.76. The van der Waals surface area contributed by atoms with E-state index >= 15 is 0 Å². The summed E-state index contributed by atoms with van der Waals surface area (Å²) in [5, 5.41) is 3.21. The summed E-state index contributed by atoms with van der Waals surface area (Å²) in [6.45, 7) is 3.29. The van der Waals surface area contributed by atoms with E-state index in [-0.39, 0.29) is 22.3 Å². The third kappa shape index (κ3) is 4.07. The average Bonchev–Trinajstić information content (AvgIpc) is 3.26. The maximum Gasteiger partial charge on any atom is 0.338 e. The van der Waals surface area contributed by atoms with E-state index in [0.29, 0.717) is 35.7 Å². The molecule has 2 aromatic carbocycles. The molecule has 1 N–H and O–H groups in total. The first-order chi connectivity index (χ1) is 15.9. The van der Waals surface area contributed by atoms with Gasteiger partial charge >= 0.3 is 5.97 Å². The van der Waals surface area contributed by atoms with Crippen LogP contribution in [0.4, 0.5) is 11.4 Å². The summed E-state index contributed by atoms with van der Waals surface area (Å²) in [6.07, 6.45) is 5.21. The van der Waals surface area contributed by atoms with E-state index in [4.69, 9.17) is 14.2 Å². The number of anilines is 2. The number of carbonyl (C=O) groups is 1. The molecule has 0 unspecified atom stereocenters. The summed E-state index contributed by atoms with van der Waals surface area (Å²) in [6, 6.07) is 11.8. The van der Waals surface area contributed by atoms with Gasteiger partial charge in [0, 0.05) is 12.8 Å². The van der Waals surface area contributed by atoms with Gasteiger partial charge in [-0.15, -0.1) is 0 Å². The summed E-state index contributed by atoms with van der Waals surface area (Å²) in [7, 11) is -3.64. The molecule has 1 aliphatic carbocycles. The van der Waals surface area contributed by atoms with E-state index in [1.54, 1.807) is 49.4 Å². The molecule has 1 spiro atoms. The lowest BCUT2D eigenvalue weighted by Gasteiger charge is -2.34. The van der Waals surface area contributed by atoms with Crippen molar-refractivity contribution in [2.75, 3.05) is 25.1 Å². The molecule has 2 fully saturated rings. The Hall–Kier alpha value is -2.68. The van der Waals surface area contributed by atoms with E-state index in [9.17, 15) is 13.2 Å². The second-order valence-electron chi connectivity index (χ2n) is 8.58. The molecule has 174 valence electrons. The van der Waals surface area contributed by atoms with Gasteiger partial charge in [0.25, 0.3) is 0 Å². The van der Waals surface area contributed by atoms with Crippen LogP contribution in [0.15, 0.2) is 58.3 Å². The van der Waals surface area contributed by atoms with Crippen molar-refractivity contribution < 1.29 is 27.4 Å². The zero-order valence-corrected chi connectivity index (χ0v) is 19.3. The number of hydrogen-bond donors (Lipinski definition) is 1. The van der Waals surface area contributed by atoms with Gasteiger partial charge in [-0.3, -0.25) is 0 Å². The normalized spacial score (nSPS) is 21.2. The van der Waals surface area contributed by atoms with E-state index in [0.717, 1.165) is 25.7 Å². The van der Waals surface area contributed by atoms with Gasteiger partial charge in [0.1, 0.15) is 0 Å². The summed E-state index contributed by atoms with van der Waals surface area (Å²) in [5.41, 5.74) is 2.06. The molecule has 2 aliphatic heterocycles. The van der Waals surface area contributed by atoms with E-state index < -0.39 is 21.6 Å². The van der Waals surface area contributed by atoms with Crippen LogP contribution in [0.2, 0.25) is 0 Å². The van der Waals surface area contributed by atoms with Gasteiger partial charge < -0.3 is 19.5 Å². The van der Waals surface area contributed by atoms with Crippen molar-refractivity contribution in [2.45, 2.75) is 48.2 Å². The summed E-state index contributed by atoms with van der Waals surface area (Å²) in [4.78, 5) is 13.3. The minimum Gasteiger partial charge on any atom is -0.462 e. The van der Waals surface area contributed by atoms with Gasteiger partial charge in [-0.2, -0.15) is 0 Å². The number of hydrogen-bond acceptors (Lipinski definition) is 7. The third-order valence-electron chi connectivity index (χ3n) is 6.53. The summed E-state index contributed by atoms with van der Waals surface area (Å²) >= 11 is 0. The Labute approximate surface area is 193 Å². The Morgan fingerprint density at radius 2 is 1.79 bits per heavy atom. The summed E-state index contributed by atoms with van der Waals surface area (Å²) < 4.78 is 43.1. The lowest BCUT2D eigenvalue weighted by Crippen LogP contribution is -2.34. The predicted octanol–water partition coefficient (Wildman–Crippen LogP) is 4.46. The minimum atomic E-state index is -3.64. The number of allylic oxidation sites excluding steroid dienone is 1. The molecular weight excluding hydrogens is 442 g/mol. The zero-order chi connectivity index (χ0) is 23.1. The molecule has 0 aromatic heterocycles. The highest BCUT2D eigenvalue weighted by Crippen LogP contribution is 2.42. The second kappa shape index (κ2) is 8.59. The van der Waals surface area contributed by atoms with Gasteiger partial charge in [0.15, 0.2) is 5.79 Å². The first-order valence-corrected chi connectivity index (χ1v) is 12.8. The molecule has 7 nitrogen and oxygen atoms in total. The molecule has 8 heteroatoms. The quantitative estimate of drug-likeness (QED) is 0.446. The van der Waals surface area contributed by atoms with Crippen LogP contribution >= 0.6 is 0 Å². The van der Waals surface area contributed by atoms with E-state index in [1.807, 2.05) is 6.08 Å². The second-order valence-corrected chi connectivity index (χ2v) is 10.5. The number of sulfone groups is 1. The minimum absolute atomic E-state index is 0.177. The number of ether oxygens (including phenoxy) is 3. The highest BCUT2D eigenvalue weighted by Gasteiger charge is 2.40. The molecular formula is C25H27NO6S. The third-order valence-corrected chi connectivity index (χ3v) is 8.40. The smallest absolute Gasteiger partial charge is 0.338 e. The van der Waals surface area contributed by atoms with Gasteiger partial charge in [-0.25, -0.2) is 13.2 Å². The number of nitrogens with one attached hydrogen (secondary N) is 1. The number of benzene rings is 2. The van der Waals surface area contributed by atoms with Crippen LogP contribution in [0.25, 0.3) is 5.57 Å². The van der Waals surface area contributed by atoms with Gasteiger partial charge in [-0.1, -0.05) is 24.3 Å².